The van der Waals surface area contributed by atoms with Crippen LogP contribution in [0.5, 0.6) is 5.75 Å². The maximum absolute atomic E-state index is 12.4. The van der Waals surface area contributed by atoms with Crippen molar-refractivity contribution in [3.63, 3.8) is 0 Å². The van der Waals surface area contributed by atoms with Crippen LogP contribution in [-0.4, -0.2) is 10.9 Å². The number of aromatic nitrogens is 1. The van der Waals surface area contributed by atoms with E-state index in [-0.39, 0.29) is 5.91 Å². The Bertz CT molecular complexity index is 849. The summed E-state index contributed by atoms with van der Waals surface area (Å²) in [4.78, 5) is 17.5. The summed E-state index contributed by atoms with van der Waals surface area (Å²) in [5.74, 6) is 0.625. The number of hydrogen-bond donors (Lipinski definition) is 1. The molecule has 1 aromatic heterocycles. The number of hydrogen-bond acceptors (Lipinski definition) is 4. The van der Waals surface area contributed by atoms with Gasteiger partial charge in [-0.15, -0.1) is 11.3 Å². The second-order valence-corrected chi connectivity index (χ2v) is 7.09. The Labute approximate surface area is 152 Å². The molecule has 122 valence electrons. The fraction of sp³-hybridized carbons (Fsp3) is 0.111. The van der Waals surface area contributed by atoms with Crippen LogP contribution in [0.2, 0.25) is 0 Å². The zero-order valence-corrected chi connectivity index (χ0v) is 15.4. The molecule has 0 spiro atoms. The molecule has 6 heteroatoms. The van der Waals surface area contributed by atoms with Gasteiger partial charge < -0.3 is 10.1 Å². The van der Waals surface area contributed by atoms with Gasteiger partial charge in [-0.1, -0.05) is 40.2 Å². The molecular formula is C18H15BrN2O2S. The number of nitrogens with zero attached hydrogens (tertiary/aromatic N) is 1. The normalized spacial score (nSPS) is 10.4. The summed E-state index contributed by atoms with van der Waals surface area (Å²) < 4.78 is 6.60. The minimum Gasteiger partial charge on any atom is -0.486 e. The van der Waals surface area contributed by atoms with Crippen molar-refractivity contribution in [2.75, 3.05) is 5.32 Å². The summed E-state index contributed by atoms with van der Waals surface area (Å²) in [6.45, 7) is 2.18. The number of rotatable bonds is 5. The molecule has 0 aliphatic rings. The third-order valence-electron chi connectivity index (χ3n) is 3.24. The number of ether oxygens (including phenoxy) is 1. The molecule has 3 aromatic rings. The van der Waals surface area contributed by atoms with Crippen LogP contribution in [0.25, 0.3) is 0 Å². The number of halogens is 1. The van der Waals surface area contributed by atoms with Crippen LogP contribution in [0.1, 0.15) is 20.4 Å². The van der Waals surface area contributed by atoms with Gasteiger partial charge in [-0.25, -0.2) is 4.98 Å². The standard InChI is InChI=1S/C18H15BrN2O2S/c1-12-17(18(22)21-14-7-5-6-13(19)10-14)24-16(20-12)11-23-15-8-3-2-4-9-15/h2-10H,11H2,1H3,(H,21,22). The molecule has 1 N–H and O–H groups in total. The Morgan fingerprint density at radius 3 is 2.75 bits per heavy atom. The van der Waals surface area contributed by atoms with Crippen molar-refractivity contribution in [3.05, 3.63) is 74.6 Å². The number of benzene rings is 2. The Hall–Kier alpha value is -2.18. The number of carbonyl (C=O) groups is 1. The molecule has 24 heavy (non-hydrogen) atoms. The van der Waals surface area contributed by atoms with E-state index in [9.17, 15) is 4.79 Å². The average molecular weight is 403 g/mol. The Balaban J connectivity index is 1.68. The third kappa shape index (κ3) is 4.21. The van der Waals surface area contributed by atoms with Crippen molar-refractivity contribution in [2.45, 2.75) is 13.5 Å². The molecule has 1 heterocycles. The molecular weight excluding hydrogens is 388 g/mol. The third-order valence-corrected chi connectivity index (χ3v) is 4.86. The lowest BCUT2D eigenvalue weighted by Crippen LogP contribution is -2.11. The molecule has 1 amide bonds. The molecule has 0 atom stereocenters. The number of para-hydroxylation sites is 1. The van der Waals surface area contributed by atoms with E-state index in [4.69, 9.17) is 4.74 Å². The lowest BCUT2D eigenvalue weighted by Gasteiger charge is -2.04. The second kappa shape index (κ2) is 7.59. The number of carbonyl (C=O) groups excluding carboxylic acids is 1. The highest BCUT2D eigenvalue weighted by Gasteiger charge is 2.16. The van der Waals surface area contributed by atoms with E-state index in [1.54, 1.807) is 0 Å². The minimum atomic E-state index is -0.158. The van der Waals surface area contributed by atoms with Gasteiger partial charge in [-0.05, 0) is 37.3 Å². The van der Waals surface area contributed by atoms with Crippen LogP contribution in [-0.2, 0) is 6.61 Å². The van der Waals surface area contributed by atoms with Gasteiger partial charge in [0, 0.05) is 10.2 Å². The highest BCUT2D eigenvalue weighted by molar-refractivity contribution is 9.10. The predicted molar refractivity (Wildman–Crippen MR) is 99.7 cm³/mol. The molecule has 0 saturated heterocycles. The number of nitrogens with one attached hydrogen (secondary N) is 1. The summed E-state index contributed by atoms with van der Waals surface area (Å²) in [6.07, 6.45) is 0. The summed E-state index contributed by atoms with van der Waals surface area (Å²) in [5.41, 5.74) is 1.45. The molecule has 0 aliphatic carbocycles. The van der Waals surface area contributed by atoms with Gasteiger partial charge in [0.2, 0.25) is 0 Å². The number of anilines is 1. The number of aryl methyl sites for hydroxylation is 1. The zero-order valence-electron chi connectivity index (χ0n) is 13.0. The van der Waals surface area contributed by atoms with Gasteiger partial charge in [-0.3, -0.25) is 4.79 Å². The molecule has 0 fully saturated rings. The van der Waals surface area contributed by atoms with E-state index < -0.39 is 0 Å². The Kier molecular flexibility index (Phi) is 5.27. The second-order valence-electron chi connectivity index (χ2n) is 5.09. The predicted octanol–water partition coefficient (Wildman–Crippen LogP) is 5.05. The summed E-state index contributed by atoms with van der Waals surface area (Å²) >= 11 is 4.74. The lowest BCUT2D eigenvalue weighted by molar-refractivity contribution is 0.103. The molecule has 2 aromatic carbocycles. The Morgan fingerprint density at radius 2 is 2.00 bits per heavy atom. The highest BCUT2D eigenvalue weighted by Crippen LogP contribution is 2.22. The molecule has 0 bridgehead atoms. The van der Waals surface area contributed by atoms with E-state index in [1.807, 2.05) is 61.5 Å². The first-order chi connectivity index (χ1) is 11.6. The first-order valence-corrected chi connectivity index (χ1v) is 8.94. The largest absolute Gasteiger partial charge is 0.486 e. The zero-order chi connectivity index (χ0) is 16.9. The maximum atomic E-state index is 12.4. The summed E-state index contributed by atoms with van der Waals surface area (Å²) in [6, 6.07) is 17.0. The summed E-state index contributed by atoms with van der Waals surface area (Å²) in [7, 11) is 0. The van der Waals surface area contributed by atoms with Gasteiger partial charge in [-0.2, -0.15) is 0 Å². The van der Waals surface area contributed by atoms with Gasteiger partial charge in [0.25, 0.3) is 5.91 Å². The molecule has 0 saturated carbocycles. The van der Waals surface area contributed by atoms with Crippen molar-refractivity contribution < 1.29 is 9.53 Å². The van der Waals surface area contributed by atoms with E-state index >= 15 is 0 Å². The molecule has 0 radical (unpaired) electrons. The van der Waals surface area contributed by atoms with Crippen molar-refractivity contribution >= 4 is 38.9 Å². The van der Waals surface area contributed by atoms with Crippen LogP contribution < -0.4 is 10.1 Å². The fourth-order valence-electron chi connectivity index (χ4n) is 2.14. The van der Waals surface area contributed by atoms with Crippen LogP contribution in [0.3, 0.4) is 0 Å². The SMILES string of the molecule is Cc1nc(COc2ccccc2)sc1C(=O)Nc1cccc(Br)c1. The van der Waals surface area contributed by atoms with E-state index in [1.165, 1.54) is 11.3 Å². The maximum Gasteiger partial charge on any atom is 0.267 e. The monoisotopic (exact) mass is 402 g/mol. The fourth-order valence-corrected chi connectivity index (χ4v) is 3.41. The van der Waals surface area contributed by atoms with Crippen LogP contribution >= 0.6 is 27.3 Å². The molecule has 3 rings (SSSR count). The van der Waals surface area contributed by atoms with Gasteiger partial charge in [0.15, 0.2) is 0 Å². The van der Waals surface area contributed by atoms with E-state index in [0.29, 0.717) is 17.2 Å². The van der Waals surface area contributed by atoms with Crippen molar-refractivity contribution in [3.8, 4) is 5.75 Å². The molecule has 0 unspecified atom stereocenters. The topological polar surface area (TPSA) is 51.2 Å². The molecule has 4 nitrogen and oxygen atoms in total. The van der Waals surface area contributed by atoms with E-state index in [0.717, 1.165) is 20.9 Å². The number of thiazole rings is 1. The van der Waals surface area contributed by atoms with Crippen LogP contribution in [0.4, 0.5) is 5.69 Å². The number of amides is 1. The quantitative estimate of drug-likeness (QED) is 0.649. The first-order valence-electron chi connectivity index (χ1n) is 7.33. The minimum absolute atomic E-state index is 0.158. The first kappa shape index (κ1) is 16.7. The average Bonchev–Trinajstić information content (AvgIpc) is 2.95. The van der Waals surface area contributed by atoms with Gasteiger partial charge in [0.05, 0.1) is 5.69 Å². The smallest absolute Gasteiger partial charge is 0.267 e. The van der Waals surface area contributed by atoms with Crippen LogP contribution in [0.15, 0.2) is 59.1 Å². The van der Waals surface area contributed by atoms with Crippen molar-refractivity contribution in [1.29, 1.82) is 0 Å². The summed E-state index contributed by atoms with van der Waals surface area (Å²) in [5, 5.41) is 3.66. The van der Waals surface area contributed by atoms with Gasteiger partial charge >= 0.3 is 0 Å². The molecule has 0 aliphatic heterocycles. The Morgan fingerprint density at radius 1 is 1.21 bits per heavy atom. The van der Waals surface area contributed by atoms with Crippen LogP contribution in [0, 0.1) is 6.92 Å². The van der Waals surface area contributed by atoms with E-state index in [2.05, 4.69) is 26.2 Å². The highest BCUT2D eigenvalue weighted by atomic mass is 79.9. The van der Waals surface area contributed by atoms with Crippen molar-refractivity contribution in [2.24, 2.45) is 0 Å². The van der Waals surface area contributed by atoms with Crippen molar-refractivity contribution in [1.82, 2.24) is 4.98 Å². The lowest BCUT2D eigenvalue weighted by atomic mass is 10.3. The van der Waals surface area contributed by atoms with Gasteiger partial charge in [0.1, 0.15) is 22.2 Å².